The Balaban J connectivity index is 1.46. The number of imidazole rings is 1. The molecule has 0 amide bonds. The zero-order valence-corrected chi connectivity index (χ0v) is 16.6. The second-order valence-electron chi connectivity index (χ2n) is 6.77. The van der Waals surface area contributed by atoms with Gasteiger partial charge in [0.1, 0.15) is 11.3 Å². The van der Waals surface area contributed by atoms with Crippen LogP contribution in [0.2, 0.25) is 5.02 Å². The molecule has 1 aromatic heterocycles. The van der Waals surface area contributed by atoms with Crippen LogP contribution in [0, 0.1) is 0 Å². The Bertz CT molecular complexity index is 897. The van der Waals surface area contributed by atoms with Crippen molar-refractivity contribution >= 4 is 38.6 Å². The summed E-state index contributed by atoms with van der Waals surface area (Å²) in [4.78, 5) is 7.35. The molecule has 1 aliphatic rings. The van der Waals surface area contributed by atoms with Crippen LogP contribution in [0.1, 0.15) is 30.1 Å². The average molecular weight is 419 g/mol. The van der Waals surface area contributed by atoms with Crippen LogP contribution in [-0.4, -0.2) is 27.5 Å². The molecular formula is C20H21BrClN3. The van der Waals surface area contributed by atoms with Gasteiger partial charge in [0, 0.05) is 16.5 Å². The Morgan fingerprint density at radius 2 is 1.88 bits per heavy atom. The second-order valence-corrected chi connectivity index (χ2v) is 8.03. The van der Waals surface area contributed by atoms with Crippen LogP contribution in [0.5, 0.6) is 0 Å². The quantitative estimate of drug-likeness (QED) is 0.570. The van der Waals surface area contributed by atoms with E-state index >= 15 is 0 Å². The van der Waals surface area contributed by atoms with Gasteiger partial charge in [0.15, 0.2) is 0 Å². The van der Waals surface area contributed by atoms with Crippen molar-refractivity contribution < 1.29 is 0 Å². The summed E-state index contributed by atoms with van der Waals surface area (Å²) in [5, 5.41) is 0.904. The van der Waals surface area contributed by atoms with E-state index in [9.17, 15) is 0 Å². The predicted molar refractivity (Wildman–Crippen MR) is 107 cm³/mol. The van der Waals surface area contributed by atoms with Crippen molar-refractivity contribution in [3.8, 4) is 0 Å². The Labute approximate surface area is 161 Å². The highest BCUT2D eigenvalue weighted by Crippen LogP contribution is 2.33. The highest BCUT2D eigenvalue weighted by Gasteiger charge is 2.23. The first-order valence-corrected chi connectivity index (χ1v) is 9.87. The fourth-order valence-corrected chi connectivity index (χ4v) is 4.51. The standard InChI is InChI=1S/C20H21BrClN3/c1-24-18-8-4-6-16(21)20(18)23-19(24)13-25-11-9-14(10-12-25)15-5-2-3-7-17(15)22/h2-8,14H,9-13H2,1H3. The summed E-state index contributed by atoms with van der Waals surface area (Å²) in [5.41, 5.74) is 3.52. The maximum Gasteiger partial charge on any atom is 0.123 e. The Kier molecular flexibility index (Phi) is 4.85. The maximum atomic E-state index is 6.37. The first-order chi connectivity index (χ1) is 12.1. The van der Waals surface area contributed by atoms with E-state index in [0.29, 0.717) is 5.92 Å². The fourth-order valence-electron chi connectivity index (χ4n) is 3.78. The minimum Gasteiger partial charge on any atom is -0.330 e. The highest BCUT2D eigenvalue weighted by molar-refractivity contribution is 9.10. The van der Waals surface area contributed by atoms with Crippen LogP contribution >= 0.6 is 27.5 Å². The largest absolute Gasteiger partial charge is 0.330 e. The van der Waals surface area contributed by atoms with Crippen molar-refractivity contribution in [1.82, 2.24) is 14.5 Å². The van der Waals surface area contributed by atoms with Gasteiger partial charge in [-0.15, -0.1) is 0 Å². The second kappa shape index (κ2) is 7.10. The molecule has 4 rings (SSSR count). The van der Waals surface area contributed by atoms with Crippen molar-refractivity contribution in [3.05, 3.63) is 63.3 Å². The van der Waals surface area contributed by atoms with Crippen LogP contribution in [0.25, 0.3) is 11.0 Å². The number of hydrogen-bond donors (Lipinski definition) is 0. The molecule has 0 aliphatic carbocycles. The molecule has 2 heterocycles. The average Bonchev–Trinajstić information content (AvgIpc) is 2.94. The third-order valence-electron chi connectivity index (χ3n) is 5.25. The molecule has 25 heavy (non-hydrogen) atoms. The zero-order chi connectivity index (χ0) is 17.4. The number of aryl methyl sites for hydroxylation is 1. The van der Waals surface area contributed by atoms with Crippen LogP contribution < -0.4 is 0 Å². The number of halogens is 2. The molecule has 0 spiro atoms. The van der Waals surface area contributed by atoms with E-state index < -0.39 is 0 Å². The number of fused-ring (bicyclic) bond motifs is 1. The Morgan fingerprint density at radius 1 is 1.12 bits per heavy atom. The molecule has 130 valence electrons. The van der Waals surface area contributed by atoms with Gasteiger partial charge in [0.05, 0.1) is 12.1 Å². The molecule has 1 saturated heterocycles. The van der Waals surface area contributed by atoms with E-state index in [0.717, 1.165) is 53.3 Å². The zero-order valence-electron chi connectivity index (χ0n) is 14.3. The van der Waals surface area contributed by atoms with E-state index in [1.807, 2.05) is 18.2 Å². The number of piperidine rings is 1. The third-order valence-corrected chi connectivity index (χ3v) is 6.24. The lowest BCUT2D eigenvalue weighted by Crippen LogP contribution is -2.33. The van der Waals surface area contributed by atoms with Crippen LogP contribution in [-0.2, 0) is 13.6 Å². The van der Waals surface area contributed by atoms with Gasteiger partial charge in [-0.2, -0.15) is 0 Å². The van der Waals surface area contributed by atoms with Gasteiger partial charge in [-0.3, -0.25) is 4.90 Å². The molecule has 0 saturated carbocycles. The third kappa shape index (κ3) is 3.35. The summed E-state index contributed by atoms with van der Waals surface area (Å²) in [7, 11) is 2.10. The molecule has 0 atom stereocenters. The minimum atomic E-state index is 0.569. The van der Waals surface area contributed by atoms with Gasteiger partial charge in [-0.25, -0.2) is 4.98 Å². The smallest absolute Gasteiger partial charge is 0.123 e. The van der Waals surface area contributed by atoms with E-state index in [-0.39, 0.29) is 0 Å². The van der Waals surface area contributed by atoms with Gasteiger partial charge < -0.3 is 4.57 Å². The molecule has 0 N–H and O–H groups in total. The first-order valence-electron chi connectivity index (χ1n) is 8.70. The normalized spacial score (nSPS) is 16.6. The van der Waals surface area contributed by atoms with Gasteiger partial charge in [0.2, 0.25) is 0 Å². The van der Waals surface area contributed by atoms with Gasteiger partial charge in [0.25, 0.3) is 0 Å². The van der Waals surface area contributed by atoms with E-state index in [1.54, 1.807) is 0 Å². The number of rotatable bonds is 3. The molecule has 0 unspecified atom stereocenters. The van der Waals surface area contributed by atoms with E-state index in [4.69, 9.17) is 16.6 Å². The molecular weight excluding hydrogens is 398 g/mol. The number of nitrogens with zero attached hydrogens (tertiary/aromatic N) is 3. The summed E-state index contributed by atoms with van der Waals surface area (Å²) in [6.45, 7) is 3.06. The maximum absolute atomic E-state index is 6.37. The van der Waals surface area contributed by atoms with E-state index in [1.165, 1.54) is 11.1 Å². The number of benzene rings is 2. The monoisotopic (exact) mass is 417 g/mol. The Morgan fingerprint density at radius 3 is 2.60 bits per heavy atom. The summed E-state index contributed by atoms with van der Waals surface area (Å²) < 4.78 is 3.27. The number of likely N-dealkylation sites (tertiary alicyclic amines) is 1. The predicted octanol–water partition coefficient (Wildman–Crippen LogP) is 5.37. The molecule has 0 bridgehead atoms. The summed E-state index contributed by atoms with van der Waals surface area (Å²) in [6, 6.07) is 14.5. The molecule has 5 heteroatoms. The SMILES string of the molecule is Cn1c(CN2CCC(c3ccccc3Cl)CC2)nc2c(Br)cccc21. The fraction of sp³-hybridized carbons (Fsp3) is 0.350. The topological polar surface area (TPSA) is 21.1 Å². The summed E-state index contributed by atoms with van der Waals surface area (Å²) in [6.07, 6.45) is 2.30. The summed E-state index contributed by atoms with van der Waals surface area (Å²) in [5.74, 6) is 1.69. The molecule has 2 aromatic carbocycles. The van der Waals surface area contributed by atoms with E-state index in [2.05, 4.69) is 56.7 Å². The van der Waals surface area contributed by atoms with Crippen molar-refractivity contribution in [3.63, 3.8) is 0 Å². The first kappa shape index (κ1) is 17.1. The number of hydrogen-bond acceptors (Lipinski definition) is 2. The van der Waals surface area contributed by atoms with Gasteiger partial charge in [-0.1, -0.05) is 35.9 Å². The highest BCUT2D eigenvalue weighted by atomic mass is 79.9. The lowest BCUT2D eigenvalue weighted by atomic mass is 9.89. The Hall–Kier alpha value is -1.36. The van der Waals surface area contributed by atoms with Crippen LogP contribution in [0.3, 0.4) is 0 Å². The van der Waals surface area contributed by atoms with Gasteiger partial charge >= 0.3 is 0 Å². The molecule has 1 fully saturated rings. The van der Waals surface area contributed by atoms with Crippen molar-refractivity contribution in [2.24, 2.45) is 7.05 Å². The lowest BCUT2D eigenvalue weighted by molar-refractivity contribution is 0.199. The molecule has 3 nitrogen and oxygen atoms in total. The summed E-state index contributed by atoms with van der Waals surface area (Å²) >= 11 is 9.98. The van der Waals surface area contributed by atoms with Crippen molar-refractivity contribution in [2.45, 2.75) is 25.3 Å². The lowest BCUT2D eigenvalue weighted by Gasteiger charge is -2.32. The molecule has 1 aliphatic heterocycles. The van der Waals surface area contributed by atoms with Crippen molar-refractivity contribution in [1.29, 1.82) is 0 Å². The number of aromatic nitrogens is 2. The molecule has 3 aromatic rings. The number of para-hydroxylation sites is 1. The van der Waals surface area contributed by atoms with Gasteiger partial charge in [-0.05, 0) is 71.5 Å². The molecule has 0 radical (unpaired) electrons. The minimum absolute atomic E-state index is 0.569. The van der Waals surface area contributed by atoms with Crippen molar-refractivity contribution in [2.75, 3.05) is 13.1 Å². The van der Waals surface area contributed by atoms with Crippen LogP contribution in [0.15, 0.2) is 46.9 Å². The van der Waals surface area contributed by atoms with Crippen LogP contribution in [0.4, 0.5) is 0 Å².